The van der Waals surface area contributed by atoms with E-state index in [-0.39, 0.29) is 26.1 Å². The first-order valence-electron chi connectivity index (χ1n) is 4.15. The number of ether oxygens (including phenoxy) is 1. The average Bonchev–Trinajstić information content (AvgIpc) is 2.03. The number of unbranched alkanes of at least 4 members (excludes halogenated alkanes) is 1. The van der Waals surface area contributed by atoms with Crippen LogP contribution in [0.3, 0.4) is 0 Å². The van der Waals surface area contributed by atoms with Gasteiger partial charge in [0.15, 0.2) is 0 Å². The van der Waals surface area contributed by atoms with Crippen LogP contribution in [-0.4, -0.2) is 35.4 Å². The molecule has 0 saturated carbocycles. The van der Waals surface area contributed by atoms with Gasteiger partial charge in [0, 0.05) is 6.42 Å². The van der Waals surface area contributed by atoms with Gasteiger partial charge >= 0.3 is 11.9 Å². The molecule has 76 valence electrons. The van der Waals surface area contributed by atoms with Crippen LogP contribution < -0.4 is 0 Å². The van der Waals surface area contributed by atoms with Crippen LogP contribution in [0.25, 0.3) is 0 Å². The molecule has 0 spiro atoms. The summed E-state index contributed by atoms with van der Waals surface area (Å²) in [6.45, 7) is 0.0140. The molecule has 0 aliphatic heterocycles. The quantitative estimate of drug-likeness (QED) is 0.441. The summed E-state index contributed by atoms with van der Waals surface area (Å²) in [4.78, 5) is 20.7. The van der Waals surface area contributed by atoms with E-state index in [0.717, 1.165) is 0 Å². The van der Waals surface area contributed by atoms with Crippen molar-refractivity contribution >= 4 is 11.9 Å². The van der Waals surface area contributed by atoms with Gasteiger partial charge < -0.3 is 14.9 Å². The van der Waals surface area contributed by atoms with E-state index >= 15 is 0 Å². The van der Waals surface area contributed by atoms with Gasteiger partial charge in [-0.25, -0.2) is 0 Å². The number of carboxylic acids is 1. The van der Waals surface area contributed by atoms with Crippen molar-refractivity contribution in [3.8, 4) is 0 Å². The summed E-state index contributed by atoms with van der Waals surface area (Å²) in [6, 6.07) is 0. The molecule has 5 nitrogen and oxygen atoms in total. The molecule has 0 unspecified atom stereocenters. The zero-order valence-electron chi connectivity index (χ0n) is 7.36. The molecule has 0 aromatic heterocycles. The fourth-order valence-corrected chi connectivity index (χ4v) is 0.728. The van der Waals surface area contributed by atoms with Crippen molar-refractivity contribution in [2.24, 2.45) is 0 Å². The molecule has 0 heterocycles. The van der Waals surface area contributed by atoms with Crippen LogP contribution in [0.1, 0.15) is 25.7 Å². The van der Waals surface area contributed by atoms with E-state index in [1.54, 1.807) is 0 Å². The maximum absolute atomic E-state index is 10.6. The summed E-state index contributed by atoms with van der Waals surface area (Å²) < 4.78 is 4.67. The summed E-state index contributed by atoms with van der Waals surface area (Å²) in [6.07, 6.45) is 1.14. The first-order chi connectivity index (χ1) is 6.16. The topological polar surface area (TPSA) is 83.8 Å². The molecule has 0 aromatic rings. The number of hydrogen-bond acceptors (Lipinski definition) is 4. The molecule has 0 radical (unpaired) electrons. The zero-order chi connectivity index (χ0) is 10.1. The molecule has 0 aromatic carbocycles. The lowest BCUT2D eigenvalue weighted by atomic mass is 10.2. The molecule has 0 rings (SSSR count). The van der Waals surface area contributed by atoms with Crippen molar-refractivity contribution < 1.29 is 24.5 Å². The Morgan fingerprint density at radius 2 is 1.85 bits per heavy atom. The van der Waals surface area contributed by atoms with Crippen LogP contribution in [0.15, 0.2) is 0 Å². The lowest BCUT2D eigenvalue weighted by molar-refractivity contribution is -0.144. The smallest absolute Gasteiger partial charge is 0.308 e. The minimum absolute atomic E-state index is 0.00106. The monoisotopic (exact) mass is 190 g/mol. The van der Waals surface area contributed by atoms with E-state index in [0.29, 0.717) is 12.8 Å². The fraction of sp³-hybridized carbons (Fsp3) is 0.750. The molecule has 2 N–H and O–H groups in total. The van der Waals surface area contributed by atoms with Crippen molar-refractivity contribution in [1.82, 2.24) is 0 Å². The molecule has 0 saturated heterocycles. The second kappa shape index (κ2) is 7.54. The Kier molecular flexibility index (Phi) is 6.91. The molecule has 0 aliphatic rings. The lowest BCUT2D eigenvalue weighted by Gasteiger charge is -2.01. The minimum Gasteiger partial charge on any atom is -0.481 e. The number of carbonyl (C=O) groups excluding carboxylic acids is 1. The van der Waals surface area contributed by atoms with E-state index in [9.17, 15) is 9.59 Å². The van der Waals surface area contributed by atoms with Gasteiger partial charge in [0.05, 0.1) is 19.6 Å². The number of carboxylic acid groups (broad SMARTS) is 1. The Bertz CT molecular complexity index is 166. The molecular formula is C8H14O5. The second-order valence-corrected chi connectivity index (χ2v) is 2.54. The largest absolute Gasteiger partial charge is 0.481 e. The van der Waals surface area contributed by atoms with Gasteiger partial charge in [0.1, 0.15) is 0 Å². The van der Waals surface area contributed by atoms with Crippen LogP contribution in [0.2, 0.25) is 0 Å². The molecule has 0 fully saturated rings. The maximum atomic E-state index is 10.6. The van der Waals surface area contributed by atoms with Gasteiger partial charge in [-0.15, -0.1) is 0 Å². The standard InChI is InChI=1S/C8H14O5/c9-5-4-8(12)13-6-2-1-3-7(10)11/h9H,1-6H2,(H,10,11). The lowest BCUT2D eigenvalue weighted by Crippen LogP contribution is -2.07. The Labute approximate surface area is 76.3 Å². The second-order valence-electron chi connectivity index (χ2n) is 2.54. The number of esters is 1. The molecule has 0 atom stereocenters. The van der Waals surface area contributed by atoms with Crippen molar-refractivity contribution in [1.29, 1.82) is 0 Å². The van der Waals surface area contributed by atoms with Crippen LogP contribution in [0, 0.1) is 0 Å². The van der Waals surface area contributed by atoms with Gasteiger partial charge in [0.25, 0.3) is 0 Å². The number of rotatable bonds is 7. The number of aliphatic hydroxyl groups excluding tert-OH is 1. The molecule has 0 amide bonds. The molecule has 0 aliphatic carbocycles. The predicted molar refractivity (Wildman–Crippen MR) is 44.1 cm³/mol. The van der Waals surface area contributed by atoms with E-state index in [1.807, 2.05) is 0 Å². The zero-order valence-corrected chi connectivity index (χ0v) is 7.36. The third kappa shape index (κ3) is 8.81. The number of carbonyl (C=O) groups is 2. The highest BCUT2D eigenvalue weighted by Crippen LogP contribution is 1.96. The van der Waals surface area contributed by atoms with Crippen molar-refractivity contribution in [2.45, 2.75) is 25.7 Å². The highest BCUT2D eigenvalue weighted by molar-refractivity contribution is 5.69. The molecular weight excluding hydrogens is 176 g/mol. The van der Waals surface area contributed by atoms with E-state index in [1.165, 1.54) is 0 Å². The normalized spacial score (nSPS) is 9.62. The fourth-order valence-electron chi connectivity index (χ4n) is 0.728. The maximum Gasteiger partial charge on any atom is 0.308 e. The van der Waals surface area contributed by atoms with Gasteiger partial charge in [0.2, 0.25) is 0 Å². The third-order valence-electron chi connectivity index (χ3n) is 1.36. The van der Waals surface area contributed by atoms with Crippen molar-refractivity contribution in [3.05, 3.63) is 0 Å². The summed E-state index contributed by atoms with van der Waals surface area (Å²) in [5.74, 6) is -1.29. The summed E-state index contributed by atoms with van der Waals surface area (Å²) in [5.41, 5.74) is 0. The number of aliphatic hydroxyl groups is 1. The molecule has 5 heteroatoms. The highest BCUT2D eigenvalue weighted by Gasteiger charge is 2.01. The SMILES string of the molecule is O=C(O)CCCCOC(=O)CCO. The van der Waals surface area contributed by atoms with Gasteiger partial charge in [-0.05, 0) is 12.8 Å². The van der Waals surface area contributed by atoms with Crippen LogP contribution in [0.4, 0.5) is 0 Å². The number of hydrogen-bond donors (Lipinski definition) is 2. The van der Waals surface area contributed by atoms with Crippen LogP contribution in [-0.2, 0) is 14.3 Å². The van der Waals surface area contributed by atoms with Crippen molar-refractivity contribution in [2.75, 3.05) is 13.2 Å². The van der Waals surface area contributed by atoms with E-state index in [4.69, 9.17) is 10.2 Å². The summed E-state index contributed by atoms with van der Waals surface area (Å²) in [7, 11) is 0. The average molecular weight is 190 g/mol. The van der Waals surface area contributed by atoms with Gasteiger partial charge in [-0.2, -0.15) is 0 Å². The number of aliphatic carboxylic acids is 1. The van der Waals surface area contributed by atoms with Crippen LogP contribution >= 0.6 is 0 Å². The third-order valence-corrected chi connectivity index (χ3v) is 1.36. The Morgan fingerprint density at radius 3 is 2.38 bits per heavy atom. The Morgan fingerprint density at radius 1 is 1.15 bits per heavy atom. The first kappa shape index (κ1) is 11.9. The Balaban J connectivity index is 3.16. The van der Waals surface area contributed by atoms with E-state index in [2.05, 4.69) is 4.74 Å². The summed E-state index contributed by atoms with van der Waals surface area (Å²) >= 11 is 0. The molecule has 13 heavy (non-hydrogen) atoms. The highest BCUT2D eigenvalue weighted by atomic mass is 16.5. The van der Waals surface area contributed by atoms with E-state index < -0.39 is 11.9 Å². The summed E-state index contributed by atoms with van der Waals surface area (Å²) in [5, 5.41) is 16.6. The van der Waals surface area contributed by atoms with Crippen LogP contribution in [0.5, 0.6) is 0 Å². The molecule has 0 bridgehead atoms. The minimum atomic E-state index is -0.846. The van der Waals surface area contributed by atoms with Crippen molar-refractivity contribution in [3.63, 3.8) is 0 Å². The van der Waals surface area contributed by atoms with Gasteiger partial charge in [-0.3, -0.25) is 9.59 Å². The Hall–Kier alpha value is -1.10. The predicted octanol–water partition coefficient (Wildman–Crippen LogP) is 0.167. The van der Waals surface area contributed by atoms with Gasteiger partial charge in [-0.1, -0.05) is 0 Å². The first-order valence-corrected chi connectivity index (χ1v) is 4.15.